The fourth-order valence-corrected chi connectivity index (χ4v) is 2.83. The van der Waals surface area contributed by atoms with Gasteiger partial charge in [0.1, 0.15) is 0 Å². The van der Waals surface area contributed by atoms with Gasteiger partial charge in [-0.25, -0.2) is 4.79 Å². The zero-order valence-electron chi connectivity index (χ0n) is 14.2. The fraction of sp³-hybridized carbons (Fsp3) is 0.529. The van der Waals surface area contributed by atoms with E-state index in [0.29, 0.717) is 50.4 Å². The minimum Gasteiger partial charge on any atom is -0.493 e. The van der Waals surface area contributed by atoms with E-state index >= 15 is 0 Å². The Labute approximate surface area is 142 Å². The van der Waals surface area contributed by atoms with E-state index in [9.17, 15) is 9.59 Å². The smallest absolute Gasteiger partial charge is 0.317 e. The fourth-order valence-electron chi connectivity index (χ4n) is 2.83. The number of rotatable bonds is 6. The minimum atomic E-state index is -0.275. The van der Waals surface area contributed by atoms with Crippen molar-refractivity contribution in [2.75, 3.05) is 33.9 Å². The zero-order valence-corrected chi connectivity index (χ0v) is 14.2. The van der Waals surface area contributed by atoms with Crippen molar-refractivity contribution in [1.82, 2.24) is 10.2 Å². The zero-order chi connectivity index (χ0) is 17.5. The second kappa shape index (κ2) is 8.42. The number of urea groups is 1. The molecule has 3 amide bonds. The van der Waals surface area contributed by atoms with Crippen LogP contribution < -0.4 is 20.5 Å². The van der Waals surface area contributed by atoms with Crippen LogP contribution in [0.3, 0.4) is 0 Å². The molecule has 132 valence electrons. The molecule has 1 aromatic carbocycles. The highest BCUT2D eigenvalue weighted by Crippen LogP contribution is 2.27. The highest BCUT2D eigenvalue weighted by Gasteiger charge is 2.25. The molecular formula is C17H25N3O4. The van der Waals surface area contributed by atoms with E-state index in [4.69, 9.17) is 15.2 Å². The molecule has 3 N–H and O–H groups in total. The number of hydrogen-bond acceptors (Lipinski definition) is 4. The maximum Gasteiger partial charge on any atom is 0.317 e. The summed E-state index contributed by atoms with van der Waals surface area (Å²) in [7, 11) is 3.19. The Balaban J connectivity index is 1.78. The number of benzene rings is 1. The molecule has 1 aliphatic heterocycles. The Morgan fingerprint density at radius 2 is 1.88 bits per heavy atom. The molecule has 7 nitrogen and oxygen atoms in total. The molecule has 2 rings (SSSR count). The summed E-state index contributed by atoms with van der Waals surface area (Å²) in [5, 5.41) is 2.91. The number of primary amides is 1. The third-order valence-corrected chi connectivity index (χ3v) is 4.32. The maximum absolute atomic E-state index is 12.1. The van der Waals surface area contributed by atoms with Crippen LogP contribution in [-0.2, 0) is 11.2 Å². The number of hydrogen-bond donors (Lipinski definition) is 2. The van der Waals surface area contributed by atoms with E-state index in [-0.39, 0.29) is 17.9 Å². The molecule has 0 aromatic heterocycles. The van der Waals surface area contributed by atoms with Gasteiger partial charge < -0.3 is 25.4 Å². The molecule has 0 saturated carbocycles. The first kappa shape index (κ1) is 17.9. The highest BCUT2D eigenvalue weighted by atomic mass is 16.5. The number of ether oxygens (including phenoxy) is 2. The summed E-state index contributed by atoms with van der Waals surface area (Å²) in [5.74, 6) is 0.974. The molecule has 1 aliphatic rings. The van der Waals surface area contributed by atoms with Gasteiger partial charge in [0.25, 0.3) is 0 Å². The second-order valence-electron chi connectivity index (χ2n) is 5.83. The lowest BCUT2D eigenvalue weighted by Gasteiger charge is -2.30. The topological polar surface area (TPSA) is 93.9 Å². The maximum atomic E-state index is 12.1. The van der Waals surface area contributed by atoms with Gasteiger partial charge in [-0.2, -0.15) is 0 Å². The van der Waals surface area contributed by atoms with Crippen molar-refractivity contribution in [3.8, 4) is 11.5 Å². The Morgan fingerprint density at radius 1 is 1.21 bits per heavy atom. The molecule has 0 aliphatic carbocycles. The van der Waals surface area contributed by atoms with Crippen LogP contribution in [-0.4, -0.2) is 50.7 Å². The molecule has 7 heteroatoms. The van der Waals surface area contributed by atoms with Gasteiger partial charge in [-0.15, -0.1) is 0 Å². The van der Waals surface area contributed by atoms with Crippen molar-refractivity contribution in [3.05, 3.63) is 23.8 Å². The van der Waals surface area contributed by atoms with Crippen LogP contribution in [0.2, 0.25) is 0 Å². The molecule has 0 atom stereocenters. The van der Waals surface area contributed by atoms with E-state index in [1.54, 1.807) is 19.1 Å². The van der Waals surface area contributed by atoms with Gasteiger partial charge in [0.2, 0.25) is 5.91 Å². The van der Waals surface area contributed by atoms with Crippen molar-refractivity contribution in [1.29, 1.82) is 0 Å². The van der Waals surface area contributed by atoms with Crippen LogP contribution in [0.15, 0.2) is 18.2 Å². The van der Waals surface area contributed by atoms with Crippen LogP contribution in [0.25, 0.3) is 0 Å². The molecule has 1 fully saturated rings. The number of amides is 3. The molecule has 24 heavy (non-hydrogen) atoms. The number of likely N-dealkylation sites (tertiary alicyclic amines) is 1. The van der Waals surface area contributed by atoms with E-state index in [1.807, 2.05) is 18.2 Å². The first-order valence-electron chi connectivity index (χ1n) is 8.08. The third-order valence-electron chi connectivity index (χ3n) is 4.32. The Morgan fingerprint density at radius 3 is 2.46 bits per heavy atom. The lowest BCUT2D eigenvalue weighted by molar-refractivity contribution is -0.123. The minimum absolute atomic E-state index is 0.0987. The first-order chi connectivity index (χ1) is 11.5. The summed E-state index contributed by atoms with van der Waals surface area (Å²) < 4.78 is 10.5. The predicted molar refractivity (Wildman–Crippen MR) is 90.1 cm³/mol. The summed E-state index contributed by atoms with van der Waals surface area (Å²) in [6.07, 6.45) is 1.97. The van der Waals surface area contributed by atoms with Gasteiger partial charge >= 0.3 is 6.03 Å². The van der Waals surface area contributed by atoms with Gasteiger partial charge in [-0.3, -0.25) is 4.79 Å². The summed E-state index contributed by atoms with van der Waals surface area (Å²) in [6.45, 7) is 1.66. The van der Waals surface area contributed by atoms with Crippen LogP contribution in [0, 0.1) is 5.92 Å². The number of carbonyl (C=O) groups excluding carboxylic acids is 2. The van der Waals surface area contributed by atoms with Gasteiger partial charge in [0.15, 0.2) is 11.5 Å². The molecule has 0 bridgehead atoms. The van der Waals surface area contributed by atoms with Crippen LogP contribution in [0.1, 0.15) is 18.4 Å². The number of carbonyl (C=O) groups is 2. The number of nitrogens with one attached hydrogen (secondary N) is 1. The van der Waals surface area contributed by atoms with Crippen molar-refractivity contribution < 1.29 is 19.1 Å². The molecule has 0 radical (unpaired) electrons. The average molecular weight is 335 g/mol. The van der Waals surface area contributed by atoms with E-state index < -0.39 is 0 Å². The van der Waals surface area contributed by atoms with Gasteiger partial charge in [-0.1, -0.05) is 6.07 Å². The van der Waals surface area contributed by atoms with E-state index in [2.05, 4.69) is 5.32 Å². The second-order valence-corrected chi connectivity index (χ2v) is 5.83. The molecule has 0 unspecified atom stereocenters. The highest BCUT2D eigenvalue weighted by molar-refractivity contribution is 5.78. The number of nitrogens with zero attached hydrogens (tertiary/aromatic N) is 1. The normalized spacial score (nSPS) is 15.0. The standard InChI is InChI=1S/C17H25N3O4/c1-23-14-4-3-12(11-15(14)24-2)5-8-19-17(22)20-9-6-13(7-10-20)16(18)21/h3-4,11,13H,5-10H2,1-2H3,(H2,18,21)(H,19,22). The van der Waals surface area contributed by atoms with Crippen molar-refractivity contribution in [2.24, 2.45) is 11.7 Å². The molecule has 1 aromatic rings. The summed E-state index contributed by atoms with van der Waals surface area (Å²) in [5.41, 5.74) is 6.36. The van der Waals surface area contributed by atoms with Crippen LogP contribution in [0.4, 0.5) is 4.79 Å². The van der Waals surface area contributed by atoms with Crippen molar-refractivity contribution >= 4 is 11.9 Å². The predicted octanol–water partition coefficient (Wildman–Crippen LogP) is 1.15. The number of nitrogens with two attached hydrogens (primary N) is 1. The lowest BCUT2D eigenvalue weighted by atomic mass is 9.96. The quantitative estimate of drug-likeness (QED) is 0.815. The Kier molecular flexibility index (Phi) is 6.28. The third kappa shape index (κ3) is 4.53. The van der Waals surface area contributed by atoms with Crippen molar-refractivity contribution in [2.45, 2.75) is 19.3 Å². The van der Waals surface area contributed by atoms with Crippen LogP contribution in [0.5, 0.6) is 11.5 Å². The monoisotopic (exact) mass is 335 g/mol. The largest absolute Gasteiger partial charge is 0.493 e. The van der Waals surface area contributed by atoms with E-state index in [0.717, 1.165) is 5.56 Å². The average Bonchev–Trinajstić information content (AvgIpc) is 2.61. The lowest BCUT2D eigenvalue weighted by Crippen LogP contribution is -2.46. The van der Waals surface area contributed by atoms with Gasteiger partial charge in [0, 0.05) is 25.6 Å². The van der Waals surface area contributed by atoms with Crippen molar-refractivity contribution in [3.63, 3.8) is 0 Å². The Bertz CT molecular complexity index is 583. The summed E-state index contributed by atoms with van der Waals surface area (Å²) >= 11 is 0. The number of piperidine rings is 1. The van der Waals surface area contributed by atoms with E-state index in [1.165, 1.54) is 0 Å². The van der Waals surface area contributed by atoms with Gasteiger partial charge in [-0.05, 0) is 37.0 Å². The van der Waals surface area contributed by atoms with Crippen LogP contribution >= 0.6 is 0 Å². The molecule has 1 heterocycles. The molecule has 0 spiro atoms. The summed E-state index contributed by atoms with van der Waals surface area (Å²) in [4.78, 5) is 25.0. The Hall–Kier alpha value is -2.44. The molecule has 1 saturated heterocycles. The molecular weight excluding hydrogens is 310 g/mol. The summed E-state index contributed by atoms with van der Waals surface area (Å²) in [6, 6.07) is 5.61. The first-order valence-corrected chi connectivity index (χ1v) is 8.08. The number of methoxy groups -OCH3 is 2. The SMILES string of the molecule is COc1ccc(CCNC(=O)N2CCC(C(N)=O)CC2)cc1OC. The van der Waals surface area contributed by atoms with Gasteiger partial charge in [0.05, 0.1) is 14.2 Å².